The van der Waals surface area contributed by atoms with Gasteiger partial charge in [0.25, 0.3) is 5.91 Å². The maximum atomic E-state index is 11.9. The first-order valence-electron chi connectivity index (χ1n) is 5.75. The van der Waals surface area contributed by atoms with Crippen molar-refractivity contribution in [2.75, 3.05) is 6.54 Å². The van der Waals surface area contributed by atoms with Crippen molar-refractivity contribution < 1.29 is 14.0 Å². The monoisotopic (exact) mass is 235 g/mol. The van der Waals surface area contributed by atoms with Crippen LogP contribution in [0.4, 0.5) is 0 Å². The molecular formula is C11H13N3O3. The fourth-order valence-electron chi connectivity index (χ4n) is 2.03. The number of aromatic nitrogens is 1. The lowest BCUT2D eigenvalue weighted by Gasteiger charge is -2.08. The molecular weight excluding hydrogens is 222 g/mol. The Hall–Kier alpha value is -1.85. The molecule has 2 amide bonds. The molecule has 2 aliphatic rings. The van der Waals surface area contributed by atoms with Crippen LogP contribution >= 0.6 is 0 Å². The van der Waals surface area contributed by atoms with E-state index in [1.165, 1.54) is 6.39 Å². The highest BCUT2D eigenvalue weighted by Crippen LogP contribution is 2.40. The average Bonchev–Trinajstić information content (AvgIpc) is 2.88. The number of hydrogen-bond donors (Lipinski definition) is 2. The van der Waals surface area contributed by atoms with Gasteiger partial charge in [0.15, 0.2) is 6.39 Å². The summed E-state index contributed by atoms with van der Waals surface area (Å²) in [5, 5.41) is 5.45. The molecule has 90 valence electrons. The zero-order valence-corrected chi connectivity index (χ0v) is 9.23. The van der Waals surface area contributed by atoms with Crippen LogP contribution in [-0.4, -0.2) is 29.4 Å². The molecule has 6 nitrogen and oxygen atoms in total. The molecule has 0 bridgehead atoms. The van der Waals surface area contributed by atoms with Crippen molar-refractivity contribution >= 4 is 11.8 Å². The molecule has 0 radical (unpaired) electrons. The van der Waals surface area contributed by atoms with Gasteiger partial charge in [-0.3, -0.25) is 9.59 Å². The van der Waals surface area contributed by atoms with E-state index in [9.17, 15) is 9.59 Å². The summed E-state index contributed by atoms with van der Waals surface area (Å²) in [6.07, 6.45) is 3.77. The van der Waals surface area contributed by atoms with E-state index < -0.39 is 0 Å². The van der Waals surface area contributed by atoms with Crippen molar-refractivity contribution in [2.24, 2.45) is 0 Å². The maximum Gasteiger partial charge on any atom is 0.289 e. The molecule has 1 atom stereocenters. The van der Waals surface area contributed by atoms with Crippen LogP contribution in [0.5, 0.6) is 0 Å². The molecule has 0 spiro atoms. The summed E-state index contributed by atoms with van der Waals surface area (Å²) in [6.45, 7) is 0.484. The van der Waals surface area contributed by atoms with Crippen LogP contribution in [0, 0.1) is 0 Å². The quantitative estimate of drug-likeness (QED) is 0.782. The Morgan fingerprint density at radius 3 is 3.00 bits per heavy atom. The second kappa shape index (κ2) is 3.87. The Kier molecular flexibility index (Phi) is 2.35. The molecule has 1 saturated carbocycles. The molecule has 3 rings (SSSR count). The molecule has 1 aliphatic carbocycles. The summed E-state index contributed by atoms with van der Waals surface area (Å²) < 4.78 is 5.14. The lowest BCUT2D eigenvalue weighted by Crippen LogP contribution is -2.36. The first kappa shape index (κ1) is 10.3. The predicted molar refractivity (Wildman–Crippen MR) is 57.4 cm³/mol. The number of hydrogen-bond acceptors (Lipinski definition) is 4. The minimum atomic E-state index is -0.272. The highest BCUT2D eigenvalue weighted by atomic mass is 16.3. The molecule has 1 aromatic heterocycles. The maximum absolute atomic E-state index is 11.9. The van der Waals surface area contributed by atoms with Crippen LogP contribution in [-0.2, 0) is 4.79 Å². The van der Waals surface area contributed by atoms with Crippen LogP contribution in [0.25, 0.3) is 0 Å². The van der Waals surface area contributed by atoms with Crippen molar-refractivity contribution in [1.29, 1.82) is 0 Å². The minimum Gasteiger partial charge on any atom is -0.438 e. The number of carbonyl (C=O) groups excluding carboxylic acids is 2. The number of nitrogens with one attached hydrogen (secondary N) is 2. The van der Waals surface area contributed by atoms with Crippen molar-refractivity contribution in [3.63, 3.8) is 0 Å². The largest absolute Gasteiger partial charge is 0.438 e. The van der Waals surface area contributed by atoms with E-state index in [-0.39, 0.29) is 17.9 Å². The number of rotatable bonds is 3. The Morgan fingerprint density at radius 1 is 1.53 bits per heavy atom. The second-order valence-corrected chi connectivity index (χ2v) is 4.52. The summed E-state index contributed by atoms with van der Waals surface area (Å²) in [5.41, 5.74) is 0.750. The van der Waals surface area contributed by atoms with E-state index in [0.29, 0.717) is 24.6 Å². The molecule has 1 aliphatic heterocycles. The molecule has 0 aromatic carbocycles. The number of nitrogens with zero attached hydrogens (tertiary/aromatic N) is 1. The van der Waals surface area contributed by atoms with Crippen LogP contribution in [0.1, 0.15) is 41.4 Å². The number of carbonyl (C=O) groups is 2. The second-order valence-electron chi connectivity index (χ2n) is 4.52. The third kappa shape index (κ3) is 2.02. The Labute approximate surface area is 97.8 Å². The summed E-state index contributed by atoms with van der Waals surface area (Å²) in [4.78, 5) is 27.0. The van der Waals surface area contributed by atoms with E-state index in [2.05, 4.69) is 15.6 Å². The Balaban J connectivity index is 1.68. The molecule has 2 N–H and O–H groups in total. The van der Waals surface area contributed by atoms with Gasteiger partial charge in [-0.1, -0.05) is 0 Å². The van der Waals surface area contributed by atoms with Crippen molar-refractivity contribution in [2.45, 2.75) is 31.2 Å². The van der Waals surface area contributed by atoms with E-state index in [1.54, 1.807) is 0 Å². The van der Waals surface area contributed by atoms with E-state index >= 15 is 0 Å². The van der Waals surface area contributed by atoms with Gasteiger partial charge in [0.1, 0.15) is 0 Å². The van der Waals surface area contributed by atoms with E-state index in [4.69, 9.17) is 4.42 Å². The standard InChI is InChI=1S/C11H13N3O3/c15-8-3-7(4-12-8)14-11(16)10-9(6-1-2-6)13-5-17-10/h5-7H,1-4H2,(H,12,15)(H,14,16). The van der Waals surface area contributed by atoms with Crippen LogP contribution < -0.4 is 10.6 Å². The average molecular weight is 235 g/mol. The molecule has 1 unspecified atom stereocenters. The zero-order valence-electron chi connectivity index (χ0n) is 9.23. The van der Waals surface area contributed by atoms with Crippen LogP contribution in [0.2, 0.25) is 0 Å². The molecule has 1 aromatic rings. The topological polar surface area (TPSA) is 84.2 Å². The summed E-state index contributed by atoms with van der Waals surface area (Å²) in [7, 11) is 0. The first-order chi connectivity index (χ1) is 8.24. The smallest absolute Gasteiger partial charge is 0.289 e. The molecule has 17 heavy (non-hydrogen) atoms. The number of amides is 2. The SMILES string of the molecule is O=C1CC(NC(=O)c2ocnc2C2CC2)CN1. The van der Waals surface area contributed by atoms with Gasteiger partial charge in [-0.15, -0.1) is 0 Å². The third-order valence-electron chi connectivity index (χ3n) is 3.08. The van der Waals surface area contributed by atoms with Crippen molar-refractivity contribution in [3.8, 4) is 0 Å². The molecule has 2 fully saturated rings. The van der Waals surface area contributed by atoms with Gasteiger partial charge >= 0.3 is 0 Å². The van der Waals surface area contributed by atoms with Crippen LogP contribution in [0.15, 0.2) is 10.8 Å². The van der Waals surface area contributed by atoms with Gasteiger partial charge in [0, 0.05) is 18.9 Å². The van der Waals surface area contributed by atoms with Gasteiger partial charge in [0.2, 0.25) is 11.7 Å². The highest BCUT2D eigenvalue weighted by Gasteiger charge is 2.33. The number of oxazole rings is 1. The van der Waals surface area contributed by atoms with Crippen LogP contribution in [0.3, 0.4) is 0 Å². The van der Waals surface area contributed by atoms with Gasteiger partial charge < -0.3 is 15.1 Å². The summed E-state index contributed by atoms with van der Waals surface area (Å²) in [5.74, 6) is 0.367. The van der Waals surface area contributed by atoms with Gasteiger partial charge in [-0.2, -0.15) is 0 Å². The third-order valence-corrected chi connectivity index (χ3v) is 3.08. The van der Waals surface area contributed by atoms with Crippen molar-refractivity contribution in [1.82, 2.24) is 15.6 Å². The van der Waals surface area contributed by atoms with Crippen molar-refractivity contribution in [3.05, 3.63) is 17.8 Å². The minimum absolute atomic E-state index is 0.0321. The lowest BCUT2D eigenvalue weighted by atomic mass is 10.2. The zero-order chi connectivity index (χ0) is 11.8. The van der Waals surface area contributed by atoms with Gasteiger partial charge in [-0.25, -0.2) is 4.98 Å². The van der Waals surface area contributed by atoms with Gasteiger partial charge in [-0.05, 0) is 12.8 Å². The predicted octanol–water partition coefficient (Wildman–Crippen LogP) is 0.170. The summed E-state index contributed by atoms with van der Waals surface area (Å²) in [6, 6.07) is -0.146. The fourth-order valence-corrected chi connectivity index (χ4v) is 2.03. The Bertz CT molecular complexity index is 464. The lowest BCUT2D eigenvalue weighted by molar-refractivity contribution is -0.119. The van der Waals surface area contributed by atoms with Gasteiger partial charge in [0.05, 0.1) is 11.7 Å². The molecule has 2 heterocycles. The first-order valence-corrected chi connectivity index (χ1v) is 5.75. The highest BCUT2D eigenvalue weighted by molar-refractivity contribution is 5.93. The van der Waals surface area contributed by atoms with E-state index in [0.717, 1.165) is 18.5 Å². The molecule has 6 heteroatoms. The summed E-state index contributed by atoms with van der Waals surface area (Å²) >= 11 is 0. The normalized spacial score (nSPS) is 23.5. The Morgan fingerprint density at radius 2 is 2.35 bits per heavy atom. The fraction of sp³-hybridized carbons (Fsp3) is 0.545. The van der Waals surface area contributed by atoms with E-state index in [1.807, 2.05) is 0 Å². The molecule has 1 saturated heterocycles.